The van der Waals surface area contributed by atoms with Gasteiger partial charge in [0.1, 0.15) is 0 Å². The van der Waals surface area contributed by atoms with Crippen molar-refractivity contribution >= 4 is 39.7 Å². The molecule has 0 spiro atoms. The Morgan fingerprint density at radius 2 is 2.00 bits per heavy atom. The summed E-state index contributed by atoms with van der Waals surface area (Å²) in [6.07, 6.45) is 0. The molecule has 0 heterocycles. The molecule has 4 nitrogen and oxygen atoms in total. The predicted molar refractivity (Wildman–Crippen MR) is 35.2 cm³/mol. The summed E-state index contributed by atoms with van der Waals surface area (Å²) < 4.78 is 32.0. The topological polar surface area (TPSA) is 63.6 Å². The van der Waals surface area contributed by atoms with Gasteiger partial charge in [-0.25, -0.2) is 0 Å². The van der Waals surface area contributed by atoms with Gasteiger partial charge in [-0.05, 0) is 6.92 Å². The first-order chi connectivity index (χ1) is 3.56. The van der Waals surface area contributed by atoms with Crippen LogP contribution in [0.2, 0.25) is 0 Å². The summed E-state index contributed by atoms with van der Waals surface area (Å²) in [6.45, 7) is 1.94. The van der Waals surface area contributed by atoms with Crippen LogP contribution in [0.3, 0.4) is 0 Å². The van der Waals surface area contributed by atoms with Crippen molar-refractivity contribution in [1.29, 1.82) is 0 Å². The second-order valence-electron chi connectivity index (χ2n) is 1.19. The van der Waals surface area contributed by atoms with E-state index in [4.69, 9.17) is 4.55 Å². The zero-order chi connectivity index (χ0) is 6.62. The normalized spacial score (nSPS) is 10.4. The molecule has 0 aliphatic carbocycles. The molecule has 0 bridgehead atoms. The molecule has 0 aliphatic rings. The van der Waals surface area contributed by atoms with E-state index in [2.05, 4.69) is 4.74 Å². The van der Waals surface area contributed by atoms with Crippen LogP contribution in [-0.4, -0.2) is 55.1 Å². The van der Waals surface area contributed by atoms with E-state index in [0.717, 1.165) is 0 Å². The average molecular weight is 164 g/mol. The molecule has 0 aromatic carbocycles. The van der Waals surface area contributed by atoms with Gasteiger partial charge in [0.25, 0.3) is 10.1 Å². The maximum absolute atomic E-state index is 9.82. The van der Waals surface area contributed by atoms with E-state index in [-0.39, 0.29) is 29.6 Å². The third-order valence-electron chi connectivity index (χ3n) is 0.436. The van der Waals surface area contributed by atoms with Crippen LogP contribution in [0, 0.1) is 0 Å². The van der Waals surface area contributed by atoms with E-state index in [1.54, 1.807) is 6.92 Å². The van der Waals surface area contributed by atoms with Crippen LogP contribution in [0.15, 0.2) is 0 Å². The minimum atomic E-state index is -3.91. The van der Waals surface area contributed by atoms with Crippen molar-refractivity contribution < 1.29 is 17.7 Å². The summed E-state index contributed by atoms with van der Waals surface area (Å²) in [4.78, 5) is 0. The van der Waals surface area contributed by atoms with Crippen LogP contribution in [0.4, 0.5) is 0 Å². The van der Waals surface area contributed by atoms with Gasteiger partial charge in [0.15, 0.2) is 5.94 Å². The molecule has 0 radical (unpaired) electrons. The molecule has 0 atom stereocenters. The Morgan fingerprint density at radius 1 is 1.56 bits per heavy atom. The molecule has 0 saturated heterocycles. The molecule has 52 valence electrons. The first kappa shape index (κ1) is 12.5. The third-order valence-corrected chi connectivity index (χ3v) is 0.901. The zero-order valence-corrected chi connectivity index (χ0v) is 5.31. The van der Waals surface area contributed by atoms with Crippen LogP contribution >= 0.6 is 0 Å². The Bertz CT molecular complexity index is 140. The predicted octanol–water partition coefficient (Wildman–Crippen LogP) is -0.780. The molecule has 0 aliphatic heterocycles. The molecule has 0 fully saturated rings. The monoisotopic (exact) mass is 164 g/mol. The van der Waals surface area contributed by atoms with Crippen molar-refractivity contribution in [3.63, 3.8) is 0 Å². The van der Waals surface area contributed by atoms with E-state index in [1.165, 1.54) is 0 Å². The average Bonchev–Trinajstić information content (AvgIpc) is 1.59. The van der Waals surface area contributed by atoms with E-state index < -0.39 is 16.1 Å². The van der Waals surface area contributed by atoms with Gasteiger partial charge in [-0.1, -0.05) is 0 Å². The van der Waals surface area contributed by atoms with Crippen LogP contribution in [0.25, 0.3) is 0 Å². The molecule has 6 heteroatoms. The van der Waals surface area contributed by atoms with Gasteiger partial charge in [0.2, 0.25) is 0 Å². The summed E-state index contributed by atoms with van der Waals surface area (Å²) in [5.41, 5.74) is 0. The number of ether oxygens (including phenoxy) is 1. The zero-order valence-electron chi connectivity index (χ0n) is 4.49. The Balaban J connectivity index is 0. The molecular formula is C3H9NaO4S. The molecule has 0 unspecified atom stereocenters. The van der Waals surface area contributed by atoms with Gasteiger partial charge in [-0.2, -0.15) is 8.42 Å². The summed E-state index contributed by atoms with van der Waals surface area (Å²) in [5.74, 6) is -0.608. The van der Waals surface area contributed by atoms with Crippen LogP contribution in [0.5, 0.6) is 0 Å². The quantitative estimate of drug-likeness (QED) is 0.439. The van der Waals surface area contributed by atoms with E-state index in [9.17, 15) is 8.42 Å². The maximum atomic E-state index is 9.82. The fraction of sp³-hybridized carbons (Fsp3) is 1.00. The Hall–Kier alpha value is 0.870. The second kappa shape index (κ2) is 5.64. The van der Waals surface area contributed by atoms with Gasteiger partial charge in [-0.3, -0.25) is 4.55 Å². The van der Waals surface area contributed by atoms with Gasteiger partial charge in [0, 0.05) is 6.61 Å². The van der Waals surface area contributed by atoms with Crippen molar-refractivity contribution in [2.24, 2.45) is 0 Å². The molecule has 0 aromatic rings. The first-order valence-corrected chi connectivity index (χ1v) is 3.70. The van der Waals surface area contributed by atoms with E-state index >= 15 is 0 Å². The SMILES string of the molecule is CCOCS(=O)(=O)O.[NaH]. The third kappa shape index (κ3) is 12.1. The summed E-state index contributed by atoms with van der Waals surface area (Å²) in [7, 11) is -3.91. The van der Waals surface area contributed by atoms with Gasteiger partial charge < -0.3 is 4.74 Å². The fourth-order valence-electron chi connectivity index (χ4n) is 0.189. The van der Waals surface area contributed by atoms with E-state index in [0.29, 0.717) is 6.61 Å². The fourth-order valence-corrected chi connectivity index (χ4v) is 0.566. The van der Waals surface area contributed by atoms with Gasteiger partial charge in [-0.15, -0.1) is 0 Å². The summed E-state index contributed by atoms with van der Waals surface area (Å²) >= 11 is 0. The minimum absolute atomic E-state index is 0. The van der Waals surface area contributed by atoms with Crippen molar-refractivity contribution in [1.82, 2.24) is 0 Å². The van der Waals surface area contributed by atoms with Gasteiger partial charge >= 0.3 is 29.6 Å². The standard InChI is InChI=1S/C3H8O4S.Na.H/c1-2-7-3-8(4,5)6;;/h2-3H2,1H3,(H,4,5,6);;. The summed E-state index contributed by atoms with van der Waals surface area (Å²) in [6, 6.07) is 0. The second-order valence-corrected chi connectivity index (χ2v) is 2.59. The van der Waals surface area contributed by atoms with Crippen molar-refractivity contribution in [2.75, 3.05) is 12.5 Å². The Morgan fingerprint density at radius 3 is 2.11 bits per heavy atom. The number of hydrogen-bond donors (Lipinski definition) is 1. The molecule has 9 heavy (non-hydrogen) atoms. The van der Waals surface area contributed by atoms with Crippen molar-refractivity contribution in [2.45, 2.75) is 6.92 Å². The first-order valence-electron chi connectivity index (χ1n) is 2.09. The van der Waals surface area contributed by atoms with Crippen LogP contribution in [-0.2, 0) is 14.9 Å². The molecule has 0 rings (SSSR count). The van der Waals surface area contributed by atoms with Crippen molar-refractivity contribution in [3.8, 4) is 0 Å². The Labute approximate surface area is 76.6 Å². The van der Waals surface area contributed by atoms with Gasteiger partial charge in [0.05, 0.1) is 0 Å². The van der Waals surface area contributed by atoms with Crippen LogP contribution < -0.4 is 0 Å². The molecule has 0 saturated carbocycles. The summed E-state index contributed by atoms with van der Waals surface area (Å²) in [5, 5.41) is 0. The number of rotatable bonds is 3. The molecule has 0 amide bonds. The molecule has 0 aromatic heterocycles. The Kier molecular flexibility index (Phi) is 7.86. The molecule has 1 N–H and O–H groups in total. The number of hydrogen-bond acceptors (Lipinski definition) is 3. The van der Waals surface area contributed by atoms with E-state index in [1.807, 2.05) is 0 Å². The molecular weight excluding hydrogens is 155 g/mol. The van der Waals surface area contributed by atoms with Crippen LogP contribution in [0.1, 0.15) is 6.92 Å². The van der Waals surface area contributed by atoms with Crippen molar-refractivity contribution in [3.05, 3.63) is 0 Å².